The summed E-state index contributed by atoms with van der Waals surface area (Å²) >= 11 is 0. The molecule has 2 atom stereocenters. The van der Waals surface area contributed by atoms with E-state index in [-0.39, 0.29) is 23.4 Å². The van der Waals surface area contributed by atoms with E-state index < -0.39 is 15.4 Å². The van der Waals surface area contributed by atoms with Gasteiger partial charge >= 0.3 is 0 Å². The van der Waals surface area contributed by atoms with Crippen LogP contribution in [0, 0.1) is 22.2 Å². The van der Waals surface area contributed by atoms with Gasteiger partial charge in [0.05, 0.1) is 18.4 Å². The molecule has 1 saturated carbocycles. The molecule has 1 aliphatic heterocycles. The third-order valence-electron chi connectivity index (χ3n) is 6.72. The molecule has 1 N–H and O–H groups in total. The van der Waals surface area contributed by atoms with Gasteiger partial charge < -0.3 is 4.90 Å². The van der Waals surface area contributed by atoms with Gasteiger partial charge in [0.2, 0.25) is 15.9 Å². The Bertz CT molecular complexity index is 1160. The summed E-state index contributed by atoms with van der Waals surface area (Å²) < 4.78 is 27.2. The van der Waals surface area contributed by atoms with Gasteiger partial charge in [-0.1, -0.05) is 54.6 Å². The van der Waals surface area contributed by atoms with Crippen molar-refractivity contribution in [1.82, 2.24) is 9.62 Å². The van der Waals surface area contributed by atoms with Crippen molar-refractivity contribution in [2.45, 2.75) is 45.2 Å². The molecule has 1 heterocycles. The zero-order chi connectivity index (χ0) is 23.1. The first kappa shape index (κ1) is 22.5. The zero-order valence-electron chi connectivity index (χ0n) is 18.7. The maximum Gasteiger partial charge on any atom is 0.242 e. The molecule has 2 unspecified atom stereocenters. The maximum absolute atomic E-state index is 13.3. The third kappa shape index (κ3) is 4.43. The molecule has 0 aromatic heterocycles. The summed E-state index contributed by atoms with van der Waals surface area (Å²) in [5.74, 6) is -0.242. The van der Waals surface area contributed by atoms with Crippen LogP contribution in [0.15, 0.2) is 54.6 Å². The van der Waals surface area contributed by atoms with Crippen molar-refractivity contribution in [3.63, 3.8) is 0 Å². The van der Waals surface area contributed by atoms with Crippen molar-refractivity contribution in [2.24, 2.45) is 10.8 Å². The van der Waals surface area contributed by atoms with E-state index in [2.05, 4.69) is 16.9 Å². The number of nitrogens with one attached hydrogen (secondary N) is 1. The first-order valence-electron chi connectivity index (χ1n) is 10.9. The predicted molar refractivity (Wildman–Crippen MR) is 124 cm³/mol. The largest absolute Gasteiger partial charge is 0.336 e. The standard InChI is InChI=1S/C25H29N3O3S/c1-24(2,16-26)23(29)28-17-25(12-13-25)22(27-32(3,30)31)21(28)15-18-8-7-11-20(14-18)19-9-5-4-6-10-19/h4-11,14,21-22,27H,12-13,15,17H2,1-3H3. The molecule has 168 valence electrons. The lowest BCUT2D eigenvalue weighted by Crippen LogP contribution is -2.51. The monoisotopic (exact) mass is 451 g/mol. The number of hydrogen-bond acceptors (Lipinski definition) is 4. The average Bonchev–Trinajstić information content (AvgIpc) is 3.49. The van der Waals surface area contributed by atoms with Gasteiger partial charge in [-0.05, 0) is 49.8 Å². The molecule has 0 radical (unpaired) electrons. The van der Waals surface area contributed by atoms with Crippen molar-refractivity contribution in [3.8, 4) is 17.2 Å². The van der Waals surface area contributed by atoms with Crippen LogP contribution in [-0.4, -0.2) is 44.1 Å². The van der Waals surface area contributed by atoms with E-state index in [0.29, 0.717) is 13.0 Å². The van der Waals surface area contributed by atoms with Crippen LogP contribution in [0.1, 0.15) is 32.3 Å². The molecule has 1 spiro atoms. The Labute approximate surface area is 190 Å². The number of likely N-dealkylation sites (tertiary alicyclic amines) is 1. The van der Waals surface area contributed by atoms with Crippen molar-refractivity contribution in [3.05, 3.63) is 60.2 Å². The van der Waals surface area contributed by atoms with Crippen molar-refractivity contribution in [2.75, 3.05) is 12.8 Å². The minimum Gasteiger partial charge on any atom is -0.336 e. The molecule has 2 aromatic carbocycles. The maximum atomic E-state index is 13.3. The van der Waals surface area contributed by atoms with Crippen LogP contribution in [0.3, 0.4) is 0 Å². The second-order valence-corrected chi connectivity index (χ2v) is 11.5. The highest BCUT2D eigenvalue weighted by molar-refractivity contribution is 7.88. The highest BCUT2D eigenvalue weighted by atomic mass is 32.2. The van der Waals surface area contributed by atoms with Crippen LogP contribution in [0.25, 0.3) is 11.1 Å². The Morgan fingerprint density at radius 1 is 1.16 bits per heavy atom. The second-order valence-electron chi connectivity index (χ2n) is 9.74. The fraction of sp³-hybridized carbons (Fsp3) is 0.440. The Morgan fingerprint density at radius 3 is 2.41 bits per heavy atom. The van der Waals surface area contributed by atoms with Gasteiger partial charge in [0.25, 0.3) is 0 Å². The highest BCUT2D eigenvalue weighted by Crippen LogP contribution is 2.56. The van der Waals surface area contributed by atoms with Crippen LogP contribution in [0.2, 0.25) is 0 Å². The molecule has 1 saturated heterocycles. The van der Waals surface area contributed by atoms with Gasteiger partial charge in [-0.3, -0.25) is 4.79 Å². The van der Waals surface area contributed by atoms with Crippen molar-refractivity contribution >= 4 is 15.9 Å². The Balaban J connectivity index is 1.70. The molecular weight excluding hydrogens is 422 g/mol. The van der Waals surface area contributed by atoms with E-state index in [1.807, 2.05) is 48.5 Å². The molecule has 7 heteroatoms. The third-order valence-corrected chi connectivity index (χ3v) is 7.40. The lowest BCUT2D eigenvalue weighted by molar-refractivity contribution is -0.138. The molecule has 4 rings (SSSR count). The predicted octanol–water partition coefficient (Wildman–Crippen LogP) is 3.35. The topological polar surface area (TPSA) is 90.3 Å². The summed E-state index contributed by atoms with van der Waals surface area (Å²) in [6.07, 6.45) is 3.43. The summed E-state index contributed by atoms with van der Waals surface area (Å²) in [5, 5.41) is 9.55. The molecule has 32 heavy (non-hydrogen) atoms. The second kappa shape index (κ2) is 8.02. The molecular formula is C25H29N3O3S. The highest BCUT2D eigenvalue weighted by Gasteiger charge is 2.62. The summed E-state index contributed by atoms with van der Waals surface area (Å²) in [7, 11) is -3.46. The molecule has 2 fully saturated rings. The number of sulfonamides is 1. The van der Waals surface area contributed by atoms with Crippen LogP contribution >= 0.6 is 0 Å². The van der Waals surface area contributed by atoms with E-state index >= 15 is 0 Å². The molecule has 1 aliphatic carbocycles. The lowest BCUT2D eigenvalue weighted by atomic mass is 9.90. The number of carbonyl (C=O) groups is 1. The Hall–Kier alpha value is -2.69. The van der Waals surface area contributed by atoms with E-state index in [9.17, 15) is 18.5 Å². The van der Waals surface area contributed by atoms with Gasteiger partial charge in [0, 0.05) is 18.0 Å². The minimum absolute atomic E-state index is 0.242. The van der Waals surface area contributed by atoms with Crippen LogP contribution in [-0.2, 0) is 21.2 Å². The molecule has 6 nitrogen and oxygen atoms in total. The number of nitriles is 1. The molecule has 2 aliphatic rings. The number of hydrogen-bond donors (Lipinski definition) is 1. The Morgan fingerprint density at radius 2 is 1.81 bits per heavy atom. The summed E-state index contributed by atoms with van der Waals surface area (Å²) in [6, 6.07) is 19.6. The molecule has 2 aromatic rings. The van der Waals surface area contributed by atoms with E-state index in [1.54, 1.807) is 18.7 Å². The summed E-state index contributed by atoms with van der Waals surface area (Å²) in [4.78, 5) is 15.1. The van der Waals surface area contributed by atoms with Gasteiger partial charge in [-0.15, -0.1) is 0 Å². The first-order chi connectivity index (χ1) is 15.0. The minimum atomic E-state index is -3.46. The SMILES string of the molecule is CC(C)(C#N)C(=O)N1CC2(CC2)C(NS(C)(=O)=O)C1Cc1cccc(-c2ccccc2)c1. The summed E-state index contributed by atoms with van der Waals surface area (Å²) in [6.45, 7) is 3.73. The van der Waals surface area contributed by atoms with Crippen LogP contribution in [0.5, 0.6) is 0 Å². The Kier molecular flexibility index (Phi) is 5.64. The van der Waals surface area contributed by atoms with Gasteiger partial charge in [-0.25, -0.2) is 13.1 Å². The van der Waals surface area contributed by atoms with E-state index in [0.717, 1.165) is 29.5 Å². The molecule has 1 amide bonds. The van der Waals surface area contributed by atoms with Gasteiger partial charge in [0.1, 0.15) is 5.41 Å². The van der Waals surface area contributed by atoms with Gasteiger partial charge in [-0.2, -0.15) is 5.26 Å². The zero-order valence-corrected chi connectivity index (χ0v) is 19.5. The van der Waals surface area contributed by atoms with Crippen LogP contribution < -0.4 is 4.72 Å². The van der Waals surface area contributed by atoms with Crippen molar-refractivity contribution in [1.29, 1.82) is 5.26 Å². The van der Waals surface area contributed by atoms with E-state index in [4.69, 9.17) is 0 Å². The average molecular weight is 452 g/mol. The van der Waals surface area contributed by atoms with Crippen LogP contribution in [0.4, 0.5) is 0 Å². The fourth-order valence-corrected chi connectivity index (χ4v) is 5.68. The lowest BCUT2D eigenvalue weighted by Gasteiger charge is -2.32. The first-order valence-corrected chi connectivity index (χ1v) is 12.8. The fourth-order valence-electron chi connectivity index (χ4n) is 4.81. The quantitative estimate of drug-likeness (QED) is 0.729. The summed E-state index contributed by atoms with van der Waals surface area (Å²) in [5.41, 5.74) is 1.79. The van der Waals surface area contributed by atoms with Gasteiger partial charge in [0.15, 0.2) is 0 Å². The smallest absolute Gasteiger partial charge is 0.242 e. The number of benzene rings is 2. The number of amides is 1. The molecule has 0 bridgehead atoms. The normalized spacial score (nSPS) is 22.0. The van der Waals surface area contributed by atoms with E-state index in [1.165, 1.54) is 6.26 Å². The van der Waals surface area contributed by atoms with Crippen molar-refractivity contribution < 1.29 is 13.2 Å². The number of nitrogens with zero attached hydrogens (tertiary/aromatic N) is 2. The number of rotatable bonds is 6. The number of carbonyl (C=O) groups excluding carboxylic acids is 1.